The maximum atomic E-state index is 11.7. The summed E-state index contributed by atoms with van der Waals surface area (Å²) in [6, 6.07) is 0. The molecule has 0 aliphatic carbocycles. The largest absolute Gasteiger partial charge is 0.462 e. The van der Waals surface area contributed by atoms with Gasteiger partial charge in [-0.25, -0.2) is 4.79 Å². The summed E-state index contributed by atoms with van der Waals surface area (Å²) in [5, 5.41) is 0. The van der Waals surface area contributed by atoms with Crippen molar-refractivity contribution < 1.29 is 9.53 Å². The Hall–Kier alpha value is -1.05. The molecular formula is C21H38O2. The zero-order valence-electron chi connectivity index (χ0n) is 15.7. The average molecular weight is 323 g/mol. The van der Waals surface area contributed by atoms with Crippen molar-refractivity contribution in [3.8, 4) is 0 Å². The van der Waals surface area contributed by atoms with E-state index in [1.165, 1.54) is 57.8 Å². The van der Waals surface area contributed by atoms with Gasteiger partial charge in [0.05, 0.1) is 6.61 Å². The molecule has 0 heterocycles. The molecule has 0 aliphatic rings. The number of ether oxygens (including phenoxy) is 1. The van der Waals surface area contributed by atoms with Crippen molar-refractivity contribution in [2.24, 2.45) is 0 Å². The quantitative estimate of drug-likeness (QED) is 0.144. The molecule has 0 bridgehead atoms. The van der Waals surface area contributed by atoms with Gasteiger partial charge >= 0.3 is 5.97 Å². The van der Waals surface area contributed by atoms with Crippen LogP contribution < -0.4 is 0 Å². The molecule has 0 N–H and O–H groups in total. The van der Waals surface area contributed by atoms with E-state index in [4.69, 9.17) is 4.74 Å². The van der Waals surface area contributed by atoms with Gasteiger partial charge in [-0.2, -0.15) is 0 Å². The van der Waals surface area contributed by atoms with E-state index in [0.29, 0.717) is 12.2 Å². The van der Waals surface area contributed by atoms with Gasteiger partial charge in [-0.15, -0.1) is 0 Å². The molecule has 0 saturated carbocycles. The highest BCUT2D eigenvalue weighted by Gasteiger charge is 2.03. The number of hydrogen-bond donors (Lipinski definition) is 0. The van der Waals surface area contributed by atoms with Crippen LogP contribution in [0.1, 0.15) is 97.8 Å². The first-order chi connectivity index (χ1) is 11.2. The molecule has 0 amide bonds. The summed E-state index contributed by atoms with van der Waals surface area (Å²) in [6.45, 7) is 6.77. The number of allylic oxidation sites excluding steroid dienone is 3. The van der Waals surface area contributed by atoms with Gasteiger partial charge < -0.3 is 4.74 Å². The molecule has 0 radical (unpaired) electrons. The van der Waals surface area contributed by atoms with Crippen LogP contribution in [0, 0.1) is 0 Å². The van der Waals surface area contributed by atoms with Crippen LogP contribution in [0.3, 0.4) is 0 Å². The summed E-state index contributed by atoms with van der Waals surface area (Å²) in [5.74, 6) is -0.179. The van der Waals surface area contributed by atoms with Crippen LogP contribution in [0.2, 0.25) is 0 Å². The zero-order valence-corrected chi connectivity index (χ0v) is 15.7. The molecule has 0 spiro atoms. The Morgan fingerprint density at radius 2 is 1.39 bits per heavy atom. The van der Waals surface area contributed by atoms with Gasteiger partial charge in [0.15, 0.2) is 0 Å². The number of rotatable bonds is 15. The van der Waals surface area contributed by atoms with Crippen molar-refractivity contribution in [3.63, 3.8) is 0 Å². The van der Waals surface area contributed by atoms with Crippen LogP contribution >= 0.6 is 0 Å². The number of carbonyl (C=O) groups is 1. The lowest BCUT2D eigenvalue weighted by molar-refractivity contribution is -0.139. The third-order valence-electron chi connectivity index (χ3n) is 3.99. The molecule has 0 aromatic carbocycles. The normalized spacial score (nSPS) is 12.0. The van der Waals surface area contributed by atoms with Gasteiger partial charge in [-0.1, -0.05) is 96.3 Å². The van der Waals surface area contributed by atoms with E-state index >= 15 is 0 Å². The molecular weight excluding hydrogens is 284 g/mol. The Morgan fingerprint density at radius 1 is 0.826 bits per heavy atom. The third kappa shape index (κ3) is 15.6. The fourth-order valence-corrected chi connectivity index (χ4v) is 2.41. The number of carbonyl (C=O) groups excluding carboxylic acids is 1. The van der Waals surface area contributed by atoms with Crippen molar-refractivity contribution in [1.82, 2.24) is 0 Å². The minimum Gasteiger partial charge on any atom is -0.462 e. The fraction of sp³-hybridized carbons (Fsp3) is 0.762. The Bertz CT molecular complexity index is 329. The molecule has 2 heteroatoms. The van der Waals surface area contributed by atoms with Crippen molar-refractivity contribution in [1.29, 1.82) is 0 Å². The van der Waals surface area contributed by atoms with Crippen LogP contribution in [0.4, 0.5) is 0 Å². The SMILES string of the molecule is CCCC=CC=C(C)C(=O)OCCCCCCCCCCCC. The molecule has 0 aromatic rings. The van der Waals surface area contributed by atoms with E-state index in [1.807, 2.05) is 19.1 Å². The highest BCUT2D eigenvalue weighted by molar-refractivity contribution is 5.88. The number of unbranched alkanes of at least 4 members (excludes halogenated alkanes) is 10. The summed E-state index contributed by atoms with van der Waals surface area (Å²) in [6.07, 6.45) is 21.0. The monoisotopic (exact) mass is 322 g/mol. The van der Waals surface area contributed by atoms with Crippen molar-refractivity contribution >= 4 is 5.97 Å². The van der Waals surface area contributed by atoms with Gasteiger partial charge in [-0.3, -0.25) is 0 Å². The summed E-state index contributed by atoms with van der Waals surface area (Å²) in [4.78, 5) is 11.7. The summed E-state index contributed by atoms with van der Waals surface area (Å²) >= 11 is 0. The fourth-order valence-electron chi connectivity index (χ4n) is 2.41. The first-order valence-electron chi connectivity index (χ1n) is 9.72. The topological polar surface area (TPSA) is 26.3 Å². The minimum atomic E-state index is -0.179. The molecule has 0 rings (SSSR count). The van der Waals surface area contributed by atoms with E-state index in [1.54, 1.807) is 0 Å². The average Bonchev–Trinajstić information content (AvgIpc) is 2.56. The zero-order chi connectivity index (χ0) is 17.2. The predicted octanol–water partition coefficient (Wildman–Crippen LogP) is 6.75. The predicted molar refractivity (Wildman–Crippen MR) is 101 cm³/mol. The van der Waals surface area contributed by atoms with Gasteiger partial charge in [0, 0.05) is 5.57 Å². The first-order valence-corrected chi connectivity index (χ1v) is 9.72. The Kier molecular flexibility index (Phi) is 16.5. The molecule has 0 fully saturated rings. The molecule has 2 nitrogen and oxygen atoms in total. The minimum absolute atomic E-state index is 0.179. The lowest BCUT2D eigenvalue weighted by atomic mass is 10.1. The third-order valence-corrected chi connectivity index (χ3v) is 3.99. The second kappa shape index (κ2) is 17.3. The van der Waals surface area contributed by atoms with E-state index in [-0.39, 0.29) is 5.97 Å². The highest BCUT2D eigenvalue weighted by atomic mass is 16.5. The maximum Gasteiger partial charge on any atom is 0.333 e. The molecule has 23 heavy (non-hydrogen) atoms. The molecule has 0 unspecified atom stereocenters. The first kappa shape index (κ1) is 21.9. The van der Waals surface area contributed by atoms with Gasteiger partial charge in [-0.05, 0) is 19.8 Å². The Labute approximate surface area is 144 Å². The molecule has 0 aliphatic heterocycles. The highest BCUT2D eigenvalue weighted by Crippen LogP contribution is 2.10. The van der Waals surface area contributed by atoms with Crippen LogP contribution in [-0.4, -0.2) is 12.6 Å². The van der Waals surface area contributed by atoms with Gasteiger partial charge in [0.25, 0.3) is 0 Å². The van der Waals surface area contributed by atoms with E-state index in [0.717, 1.165) is 19.3 Å². The molecule has 0 aromatic heterocycles. The number of hydrogen-bond acceptors (Lipinski definition) is 2. The molecule has 0 atom stereocenters. The van der Waals surface area contributed by atoms with Crippen LogP contribution in [0.15, 0.2) is 23.8 Å². The Balaban J connectivity index is 3.44. The van der Waals surface area contributed by atoms with Gasteiger partial charge in [0.2, 0.25) is 0 Å². The second-order valence-electron chi connectivity index (χ2n) is 6.38. The lowest BCUT2D eigenvalue weighted by Crippen LogP contribution is -2.06. The summed E-state index contributed by atoms with van der Waals surface area (Å²) in [5.41, 5.74) is 0.685. The molecule has 134 valence electrons. The standard InChI is InChI=1S/C21H38O2/c1-4-6-8-10-11-12-13-14-15-17-19-23-21(22)20(3)18-16-9-7-5-2/h9,16,18H,4-8,10-15,17,19H2,1-3H3. The molecule has 0 saturated heterocycles. The van der Waals surface area contributed by atoms with E-state index in [9.17, 15) is 4.79 Å². The second-order valence-corrected chi connectivity index (χ2v) is 6.38. The van der Waals surface area contributed by atoms with Crippen LogP contribution in [0.25, 0.3) is 0 Å². The van der Waals surface area contributed by atoms with Crippen molar-refractivity contribution in [2.45, 2.75) is 97.8 Å². The van der Waals surface area contributed by atoms with Crippen molar-refractivity contribution in [3.05, 3.63) is 23.8 Å². The van der Waals surface area contributed by atoms with Crippen LogP contribution in [-0.2, 0) is 9.53 Å². The summed E-state index contributed by atoms with van der Waals surface area (Å²) in [7, 11) is 0. The van der Waals surface area contributed by atoms with E-state index < -0.39 is 0 Å². The Morgan fingerprint density at radius 3 is 1.96 bits per heavy atom. The summed E-state index contributed by atoms with van der Waals surface area (Å²) < 4.78 is 5.29. The smallest absolute Gasteiger partial charge is 0.333 e. The van der Waals surface area contributed by atoms with Gasteiger partial charge in [0.1, 0.15) is 0 Å². The maximum absolute atomic E-state index is 11.7. The number of esters is 1. The lowest BCUT2D eigenvalue weighted by Gasteiger charge is -2.05. The van der Waals surface area contributed by atoms with Crippen LogP contribution in [0.5, 0.6) is 0 Å². The van der Waals surface area contributed by atoms with Crippen molar-refractivity contribution in [2.75, 3.05) is 6.61 Å². The van der Waals surface area contributed by atoms with E-state index in [2.05, 4.69) is 19.9 Å².